The number of amides is 2. The summed E-state index contributed by atoms with van der Waals surface area (Å²) in [4.78, 5) is 29.6. The standard InChI is InChI=1S/C20H26N4O2S/c1-13-5-6-15(9-14(13)2)23-19(26)20(7-3-4-8-20)12-22-18(25)16-11-27-17(10-21)24-16/h5-6,9,11H,3-4,7-8,10,12,21H2,1-2H3,(H,22,25)(H,23,26). The molecular formula is C20H26N4O2S. The van der Waals surface area contributed by atoms with Crippen LogP contribution in [0.4, 0.5) is 5.69 Å². The number of anilines is 1. The molecule has 1 aromatic carbocycles. The van der Waals surface area contributed by atoms with Gasteiger partial charge in [-0.05, 0) is 49.9 Å². The molecule has 1 fully saturated rings. The van der Waals surface area contributed by atoms with Gasteiger partial charge in [-0.3, -0.25) is 9.59 Å². The SMILES string of the molecule is Cc1ccc(NC(=O)C2(CNC(=O)c3csc(CN)n3)CCCC2)cc1C. The molecule has 0 atom stereocenters. The highest BCUT2D eigenvalue weighted by Crippen LogP contribution is 2.38. The Kier molecular flexibility index (Phi) is 5.92. The van der Waals surface area contributed by atoms with Crippen LogP contribution in [0.5, 0.6) is 0 Å². The molecule has 6 nitrogen and oxygen atoms in total. The van der Waals surface area contributed by atoms with E-state index in [9.17, 15) is 9.59 Å². The van der Waals surface area contributed by atoms with E-state index in [1.54, 1.807) is 5.38 Å². The van der Waals surface area contributed by atoms with E-state index in [0.29, 0.717) is 18.8 Å². The van der Waals surface area contributed by atoms with Crippen molar-refractivity contribution in [3.05, 3.63) is 45.4 Å². The lowest BCUT2D eigenvalue weighted by Gasteiger charge is -2.28. The van der Waals surface area contributed by atoms with Crippen LogP contribution in [0.1, 0.15) is 52.3 Å². The normalized spacial score (nSPS) is 15.5. The first kappa shape index (κ1) is 19.5. The Morgan fingerprint density at radius 2 is 1.96 bits per heavy atom. The topological polar surface area (TPSA) is 97.1 Å². The van der Waals surface area contributed by atoms with E-state index in [1.165, 1.54) is 16.9 Å². The van der Waals surface area contributed by atoms with Crippen LogP contribution in [0, 0.1) is 19.3 Å². The second-order valence-corrected chi connectivity index (χ2v) is 8.20. The van der Waals surface area contributed by atoms with E-state index in [2.05, 4.69) is 15.6 Å². The molecule has 144 valence electrons. The van der Waals surface area contributed by atoms with Crippen molar-refractivity contribution in [3.8, 4) is 0 Å². The van der Waals surface area contributed by atoms with Crippen LogP contribution >= 0.6 is 11.3 Å². The van der Waals surface area contributed by atoms with E-state index in [0.717, 1.165) is 41.9 Å². The van der Waals surface area contributed by atoms with Crippen molar-refractivity contribution >= 4 is 28.8 Å². The third kappa shape index (κ3) is 4.36. The molecule has 27 heavy (non-hydrogen) atoms. The average molecular weight is 387 g/mol. The van der Waals surface area contributed by atoms with E-state index < -0.39 is 5.41 Å². The highest BCUT2D eigenvalue weighted by atomic mass is 32.1. The summed E-state index contributed by atoms with van der Waals surface area (Å²) in [6.45, 7) is 4.71. The van der Waals surface area contributed by atoms with Crippen LogP contribution in [0.2, 0.25) is 0 Å². The number of aromatic nitrogens is 1. The van der Waals surface area contributed by atoms with E-state index >= 15 is 0 Å². The second kappa shape index (κ2) is 8.19. The second-order valence-electron chi connectivity index (χ2n) is 7.25. The highest BCUT2D eigenvalue weighted by molar-refractivity contribution is 7.09. The minimum atomic E-state index is -0.568. The summed E-state index contributed by atoms with van der Waals surface area (Å²) >= 11 is 1.37. The Morgan fingerprint density at radius 3 is 2.59 bits per heavy atom. The van der Waals surface area contributed by atoms with Gasteiger partial charge in [0.2, 0.25) is 5.91 Å². The number of nitrogens with zero attached hydrogens (tertiary/aromatic N) is 1. The Bertz CT molecular complexity index is 840. The predicted molar refractivity (Wildman–Crippen MR) is 108 cm³/mol. The lowest BCUT2D eigenvalue weighted by Crippen LogP contribution is -2.44. The maximum absolute atomic E-state index is 13.0. The summed E-state index contributed by atoms with van der Waals surface area (Å²) in [5, 5.41) is 8.39. The maximum Gasteiger partial charge on any atom is 0.270 e. The fourth-order valence-electron chi connectivity index (χ4n) is 3.47. The summed E-state index contributed by atoms with van der Waals surface area (Å²) in [5.41, 5.74) is 8.48. The van der Waals surface area contributed by atoms with Crippen molar-refractivity contribution in [2.75, 3.05) is 11.9 Å². The fourth-order valence-corrected chi connectivity index (χ4v) is 4.12. The number of thiazole rings is 1. The fraction of sp³-hybridized carbons (Fsp3) is 0.450. The summed E-state index contributed by atoms with van der Waals surface area (Å²) in [6, 6.07) is 5.91. The molecule has 0 saturated heterocycles. The van der Waals surface area contributed by atoms with Gasteiger partial charge in [-0.15, -0.1) is 11.3 Å². The smallest absolute Gasteiger partial charge is 0.270 e. The minimum Gasteiger partial charge on any atom is -0.350 e. The molecule has 0 bridgehead atoms. The van der Waals surface area contributed by atoms with Gasteiger partial charge in [-0.2, -0.15) is 0 Å². The molecule has 0 radical (unpaired) electrons. The molecule has 1 aromatic heterocycles. The number of nitrogens with one attached hydrogen (secondary N) is 2. The van der Waals surface area contributed by atoms with E-state index in [4.69, 9.17) is 5.73 Å². The maximum atomic E-state index is 13.0. The van der Waals surface area contributed by atoms with Gasteiger partial charge < -0.3 is 16.4 Å². The largest absolute Gasteiger partial charge is 0.350 e. The number of hydrogen-bond acceptors (Lipinski definition) is 5. The number of nitrogens with two attached hydrogens (primary N) is 1. The number of hydrogen-bond donors (Lipinski definition) is 3. The molecule has 1 aliphatic carbocycles. The predicted octanol–water partition coefficient (Wildman–Crippen LogP) is 3.15. The van der Waals surface area contributed by atoms with Crippen molar-refractivity contribution in [1.82, 2.24) is 10.3 Å². The van der Waals surface area contributed by atoms with Crippen LogP contribution in [0.15, 0.2) is 23.6 Å². The number of rotatable bonds is 6. The van der Waals surface area contributed by atoms with Gasteiger partial charge >= 0.3 is 0 Å². The summed E-state index contributed by atoms with van der Waals surface area (Å²) in [7, 11) is 0. The zero-order valence-corrected chi connectivity index (χ0v) is 16.6. The van der Waals surface area contributed by atoms with E-state index in [1.807, 2.05) is 32.0 Å². The van der Waals surface area contributed by atoms with Gasteiger partial charge in [0.25, 0.3) is 5.91 Å². The summed E-state index contributed by atoms with van der Waals surface area (Å²) in [6.07, 6.45) is 3.53. The number of aryl methyl sites for hydroxylation is 2. The molecule has 1 heterocycles. The summed E-state index contributed by atoms with van der Waals surface area (Å²) in [5.74, 6) is -0.277. The van der Waals surface area contributed by atoms with Crippen molar-refractivity contribution in [2.45, 2.75) is 46.1 Å². The van der Waals surface area contributed by atoms with Gasteiger partial charge in [0.1, 0.15) is 10.7 Å². The Morgan fingerprint density at radius 1 is 1.22 bits per heavy atom. The van der Waals surface area contributed by atoms with Crippen molar-refractivity contribution in [1.29, 1.82) is 0 Å². The molecule has 4 N–H and O–H groups in total. The Balaban J connectivity index is 1.68. The molecule has 3 rings (SSSR count). The molecule has 2 amide bonds. The number of carbonyl (C=O) groups is 2. The molecule has 2 aromatic rings. The molecule has 0 spiro atoms. The zero-order chi connectivity index (χ0) is 19.4. The van der Waals surface area contributed by atoms with Gasteiger partial charge in [-0.25, -0.2) is 4.98 Å². The first-order valence-electron chi connectivity index (χ1n) is 9.25. The van der Waals surface area contributed by atoms with Gasteiger partial charge in [0, 0.05) is 24.2 Å². The van der Waals surface area contributed by atoms with Crippen LogP contribution in [0.25, 0.3) is 0 Å². The lowest BCUT2D eigenvalue weighted by molar-refractivity contribution is -0.125. The Hall–Kier alpha value is -2.25. The third-order valence-corrected chi connectivity index (χ3v) is 6.22. The van der Waals surface area contributed by atoms with Gasteiger partial charge in [-0.1, -0.05) is 18.9 Å². The van der Waals surface area contributed by atoms with Crippen LogP contribution in [-0.2, 0) is 11.3 Å². The quantitative estimate of drug-likeness (QED) is 0.710. The minimum absolute atomic E-state index is 0.0236. The highest BCUT2D eigenvalue weighted by Gasteiger charge is 2.41. The number of benzene rings is 1. The van der Waals surface area contributed by atoms with Crippen LogP contribution in [0.3, 0.4) is 0 Å². The van der Waals surface area contributed by atoms with E-state index in [-0.39, 0.29) is 11.8 Å². The third-order valence-electron chi connectivity index (χ3n) is 5.35. The molecule has 1 aliphatic rings. The van der Waals surface area contributed by atoms with Crippen molar-refractivity contribution in [2.24, 2.45) is 11.1 Å². The molecular weight excluding hydrogens is 360 g/mol. The zero-order valence-electron chi connectivity index (χ0n) is 15.8. The van der Waals surface area contributed by atoms with Crippen molar-refractivity contribution < 1.29 is 9.59 Å². The first-order chi connectivity index (χ1) is 12.9. The molecule has 0 unspecified atom stereocenters. The molecule has 1 saturated carbocycles. The average Bonchev–Trinajstić information content (AvgIpc) is 3.33. The van der Waals surface area contributed by atoms with Crippen LogP contribution < -0.4 is 16.4 Å². The number of carbonyl (C=O) groups excluding carboxylic acids is 2. The monoisotopic (exact) mass is 386 g/mol. The Labute approximate surface area is 163 Å². The van der Waals surface area contributed by atoms with Crippen LogP contribution in [-0.4, -0.2) is 23.3 Å². The van der Waals surface area contributed by atoms with Crippen molar-refractivity contribution in [3.63, 3.8) is 0 Å². The molecule has 7 heteroatoms. The first-order valence-corrected chi connectivity index (χ1v) is 10.1. The lowest BCUT2D eigenvalue weighted by atomic mass is 9.84. The molecule has 0 aliphatic heterocycles. The van der Waals surface area contributed by atoms with Gasteiger partial charge in [0.05, 0.1) is 5.41 Å². The summed E-state index contributed by atoms with van der Waals surface area (Å²) < 4.78 is 0. The van der Waals surface area contributed by atoms with Gasteiger partial charge in [0.15, 0.2) is 0 Å².